The van der Waals surface area contributed by atoms with Crippen LogP contribution in [0.2, 0.25) is 0 Å². The van der Waals surface area contributed by atoms with Gasteiger partial charge in [0.1, 0.15) is 0 Å². The van der Waals surface area contributed by atoms with Crippen molar-refractivity contribution in [2.75, 3.05) is 43.6 Å². The number of ether oxygens (including phenoxy) is 1. The molecule has 0 aliphatic carbocycles. The molecule has 0 radical (unpaired) electrons. The van der Waals surface area contributed by atoms with Crippen LogP contribution >= 0.6 is 0 Å². The molecule has 0 spiro atoms. The summed E-state index contributed by atoms with van der Waals surface area (Å²) in [5.41, 5.74) is 0. The number of nitrogens with one attached hydrogen (secondary N) is 1. The summed E-state index contributed by atoms with van der Waals surface area (Å²) in [5.74, 6) is 0.141. The highest BCUT2D eigenvalue weighted by Gasteiger charge is 2.23. The van der Waals surface area contributed by atoms with Crippen molar-refractivity contribution in [1.29, 1.82) is 0 Å². The average molecular weight is 242 g/mol. The molecule has 0 bridgehead atoms. The van der Waals surface area contributed by atoms with Gasteiger partial charge in [-0.05, 0) is 0 Å². The van der Waals surface area contributed by atoms with E-state index in [4.69, 9.17) is 9.84 Å². The number of hydrogen-bond donors (Lipinski definition) is 2. The lowest BCUT2D eigenvalue weighted by atomic mass is 10.3. The maximum Gasteiger partial charge on any atom is 0.224 e. The monoisotopic (exact) mass is 242 g/mol. The van der Waals surface area contributed by atoms with E-state index in [1.807, 2.05) is 0 Å². The standard InChI is InChI=1S/C10H15FN4O2/c1-12-10-13-4-8(11)9(14-10)15-2-3-17-7(5-15)6-16/h4,7,16H,2-3,5-6H2,1H3,(H,12,13,14). The predicted molar refractivity (Wildman–Crippen MR) is 60.6 cm³/mol. The third kappa shape index (κ3) is 2.62. The number of rotatable bonds is 3. The van der Waals surface area contributed by atoms with E-state index in [-0.39, 0.29) is 18.5 Å². The Morgan fingerprint density at radius 1 is 1.71 bits per heavy atom. The zero-order chi connectivity index (χ0) is 12.3. The Labute approximate surface area is 98.4 Å². The SMILES string of the molecule is CNc1ncc(F)c(N2CCOC(CO)C2)n1. The Morgan fingerprint density at radius 3 is 3.24 bits per heavy atom. The summed E-state index contributed by atoms with van der Waals surface area (Å²) in [6, 6.07) is 0. The van der Waals surface area contributed by atoms with Gasteiger partial charge < -0.3 is 20.1 Å². The molecule has 0 amide bonds. The quantitative estimate of drug-likeness (QED) is 0.768. The van der Waals surface area contributed by atoms with E-state index in [9.17, 15) is 4.39 Å². The van der Waals surface area contributed by atoms with E-state index in [0.29, 0.717) is 25.6 Å². The molecule has 1 unspecified atom stereocenters. The number of hydrogen-bond acceptors (Lipinski definition) is 6. The highest BCUT2D eigenvalue weighted by Crippen LogP contribution is 2.19. The molecule has 1 aromatic rings. The number of aliphatic hydroxyl groups is 1. The summed E-state index contributed by atoms with van der Waals surface area (Å²) in [4.78, 5) is 9.61. The van der Waals surface area contributed by atoms with Crippen molar-refractivity contribution < 1.29 is 14.2 Å². The zero-order valence-corrected chi connectivity index (χ0v) is 9.56. The van der Waals surface area contributed by atoms with Crippen molar-refractivity contribution in [3.05, 3.63) is 12.0 Å². The number of anilines is 2. The second-order valence-electron chi connectivity index (χ2n) is 3.74. The maximum atomic E-state index is 13.6. The minimum absolute atomic E-state index is 0.0813. The van der Waals surface area contributed by atoms with Gasteiger partial charge in [0.2, 0.25) is 5.95 Å². The second-order valence-corrected chi connectivity index (χ2v) is 3.74. The minimum Gasteiger partial charge on any atom is -0.394 e. The molecule has 7 heteroatoms. The van der Waals surface area contributed by atoms with Crippen molar-refractivity contribution in [3.8, 4) is 0 Å². The van der Waals surface area contributed by atoms with Crippen LogP contribution in [-0.2, 0) is 4.74 Å². The predicted octanol–water partition coefficient (Wildman–Crippen LogP) is -0.145. The first kappa shape index (κ1) is 12.0. The van der Waals surface area contributed by atoms with Crippen LogP contribution in [0.25, 0.3) is 0 Å². The number of nitrogens with zero attached hydrogens (tertiary/aromatic N) is 3. The van der Waals surface area contributed by atoms with Crippen LogP contribution in [0.15, 0.2) is 6.20 Å². The molecule has 1 aliphatic rings. The molecule has 2 heterocycles. The van der Waals surface area contributed by atoms with Crippen molar-refractivity contribution in [2.45, 2.75) is 6.10 Å². The second kappa shape index (κ2) is 5.24. The van der Waals surface area contributed by atoms with Gasteiger partial charge in [0.15, 0.2) is 11.6 Å². The molecule has 2 rings (SSSR count). The Bertz CT molecular complexity index is 391. The number of aromatic nitrogens is 2. The minimum atomic E-state index is -0.470. The van der Waals surface area contributed by atoms with Gasteiger partial charge in [-0.1, -0.05) is 0 Å². The third-order valence-corrected chi connectivity index (χ3v) is 2.59. The van der Waals surface area contributed by atoms with E-state index in [1.54, 1.807) is 11.9 Å². The summed E-state index contributed by atoms with van der Waals surface area (Å²) in [6.07, 6.45) is 0.841. The topological polar surface area (TPSA) is 70.5 Å². The van der Waals surface area contributed by atoms with E-state index in [1.165, 1.54) is 0 Å². The van der Waals surface area contributed by atoms with Crippen LogP contribution in [0.1, 0.15) is 0 Å². The average Bonchev–Trinajstić information content (AvgIpc) is 2.39. The van der Waals surface area contributed by atoms with Crippen molar-refractivity contribution in [3.63, 3.8) is 0 Å². The van der Waals surface area contributed by atoms with Crippen molar-refractivity contribution in [1.82, 2.24) is 9.97 Å². The lowest BCUT2D eigenvalue weighted by Crippen LogP contribution is -2.44. The van der Waals surface area contributed by atoms with E-state index < -0.39 is 5.82 Å². The molecule has 94 valence electrons. The van der Waals surface area contributed by atoms with Gasteiger partial charge in [0.05, 0.1) is 25.5 Å². The number of halogens is 1. The van der Waals surface area contributed by atoms with Crippen molar-refractivity contribution >= 4 is 11.8 Å². The first-order chi connectivity index (χ1) is 8.24. The molecule has 2 N–H and O–H groups in total. The number of morpholine rings is 1. The molecular weight excluding hydrogens is 227 g/mol. The van der Waals surface area contributed by atoms with Gasteiger partial charge in [-0.15, -0.1) is 0 Å². The zero-order valence-electron chi connectivity index (χ0n) is 9.56. The Kier molecular flexibility index (Phi) is 3.70. The van der Waals surface area contributed by atoms with Gasteiger partial charge in [-0.3, -0.25) is 0 Å². The van der Waals surface area contributed by atoms with Crippen LogP contribution in [-0.4, -0.2) is 54.5 Å². The summed E-state index contributed by atoms with van der Waals surface area (Å²) in [5, 5.41) is 11.8. The third-order valence-electron chi connectivity index (χ3n) is 2.59. The molecule has 6 nitrogen and oxygen atoms in total. The van der Waals surface area contributed by atoms with Crippen LogP contribution in [0, 0.1) is 5.82 Å². The molecule has 1 aliphatic heterocycles. The van der Waals surface area contributed by atoms with Crippen LogP contribution in [0.4, 0.5) is 16.2 Å². The first-order valence-corrected chi connectivity index (χ1v) is 5.42. The van der Waals surface area contributed by atoms with Gasteiger partial charge in [-0.25, -0.2) is 9.37 Å². The highest BCUT2D eigenvalue weighted by molar-refractivity contribution is 5.44. The summed E-state index contributed by atoms with van der Waals surface area (Å²) < 4.78 is 18.9. The largest absolute Gasteiger partial charge is 0.394 e. The van der Waals surface area contributed by atoms with Crippen LogP contribution < -0.4 is 10.2 Å². The van der Waals surface area contributed by atoms with E-state index >= 15 is 0 Å². The molecule has 1 saturated heterocycles. The normalized spacial score (nSPS) is 20.4. The fraction of sp³-hybridized carbons (Fsp3) is 0.600. The van der Waals surface area contributed by atoms with E-state index in [2.05, 4.69) is 15.3 Å². The fourth-order valence-electron chi connectivity index (χ4n) is 1.72. The molecule has 0 saturated carbocycles. The Morgan fingerprint density at radius 2 is 2.53 bits per heavy atom. The van der Waals surface area contributed by atoms with Crippen LogP contribution in [0.3, 0.4) is 0 Å². The van der Waals surface area contributed by atoms with Gasteiger partial charge in [-0.2, -0.15) is 4.98 Å². The summed E-state index contributed by atoms with van der Waals surface area (Å²) in [6.45, 7) is 1.34. The fourth-order valence-corrected chi connectivity index (χ4v) is 1.72. The summed E-state index contributed by atoms with van der Waals surface area (Å²) >= 11 is 0. The molecular formula is C10H15FN4O2. The molecule has 0 aromatic carbocycles. The lowest BCUT2D eigenvalue weighted by Gasteiger charge is -2.32. The van der Waals surface area contributed by atoms with Gasteiger partial charge in [0.25, 0.3) is 0 Å². The first-order valence-electron chi connectivity index (χ1n) is 5.42. The molecule has 1 atom stereocenters. The highest BCUT2D eigenvalue weighted by atomic mass is 19.1. The van der Waals surface area contributed by atoms with Gasteiger partial charge in [0, 0.05) is 20.1 Å². The maximum absolute atomic E-state index is 13.6. The van der Waals surface area contributed by atoms with Crippen LogP contribution in [0.5, 0.6) is 0 Å². The smallest absolute Gasteiger partial charge is 0.224 e. The summed E-state index contributed by atoms with van der Waals surface area (Å²) in [7, 11) is 1.67. The van der Waals surface area contributed by atoms with Crippen molar-refractivity contribution in [2.24, 2.45) is 0 Å². The number of aliphatic hydroxyl groups excluding tert-OH is 1. The Hall–Kier alpha value is -1.47. The Balaban J connectivity index is 2.20. The molecule has 1 fully saturated rings. The van der Waals surface area contributed by atoms with E-state index in [0.717, 1.165) is 6.20 Å². The molecule has 17 heavy (non-hydrogen) atoms. The van der Waals surface area contributed by atoms with Gasteiger partial charge >= 0.3 is 0 Å². The molecule has 1 aromatic heterocycles. The lowest BCUT2D eigenvalue weighted by molar-refractivity contribution is 0.00318.